The van der Waals surface area contributed by atoms with E-state index in [0.29, 0.717) is 6.04 Å². The van der Waals surface area contributed by atoms with E-state index in [2.05, 4.69) is 19.2 Å². The van der Waals surface area contributed by atoms with Crippen molar-refractivity contribution in [1.82, 2.24) is 5.32 Å². The summed E-state index contributed by atoms with van der Waals surface area (Å²) >= 11 is 6.14. The van der Waals surface area contributed by atoms with Gasteiger partial charge < -0.3 is 10.1 Å². The molecule has 0 bridgehead atoms. The molecule has 2 nitrogen and oxygen atoms in total. The third kappa shape index (κ3) is 4.12. The summed E-state index contributed by atoms with van der Waals surface area (Å²) in [5.74, 6) is 0. The molecule has 0 aliphatic rings. The Hall–Kier alpha value is -0.570. The van der Waals surface area contributed by atoms with Crippen molar-refractivity contribution in [1.29, 1.82) is 0 Å². The van der Waals surface area contributed by atoms with Crippen LogP contribution in [0, 0.1) is 0 Å². The van der Waals surface area contributed by atoms with E-state index in [1.807, 2.05) is 31.2 Å². The van der Waals surface area contributed by atoms with Gasteiger partial charge in [0, 0.05) is 23.7 Å². The first-order valence-corrected chi connectivity index (χ1v) is 6.11. The maximum Gasteiger partial charge on any atom is 0.0616 e. The molecule has 1 aromatic rings. The molecule has 0 amide bonds. The molecule has 0 radical (unpaired) electrons. The van der Waals surface area contributed by atoms with Gasteiger partial charge in [-0.05, 0) is 32.4 Å². The van der Waals surface area contributed by atoms with Crippen LogP contribution in [0.4, 0.5) is 0 Å². The molecule has 2 atom stereocenters. The van der Waals surface area contributed by atoms with E-state index in [0.717, 1.165) is 23.8 Å². The molecule has 1 aromatic carbocycles. The highest BCUT2D eigenvalue weighted by molar-refractivity contribution is 6.31. The standard InChI is InChI=1S/C13H20ClNO/c1-4-16-9-10(2)15-11(3)12-7-5-6-8-13(12)14/h5-8,10-11,15H,4,9H2,1-3H3. The van der Waals surface area contributed by atoms with Gasteiger partial charge in [0.1, 0.15) is 0 Å². The number of hydrogen-bond acceptors (Lipinski definition) is 2. The molecule has 0 aliphatic carbocycles. The molecule has 2 unspecified atom stereocenters. The van der Waals surface area contributed by atoms with Crippen LogP contribution in [0.15, 0.2) is 24.3 Å². The minimum atomic E-state index is 0.240. The van der Waals surface area contributed by atoms with Crippen LogP contribution in [0.1, 0.15) is 32.4 Å². The number of benzene rings is 1. The number of ether oxygens (including phenoxy) is 1. The summed E-state index contributed by atoms with van der Waals surface area (Å²) < 4.78 is 5.37. The maximum atomic E-state index is 6.14. The lowest BCUT2D eigenvalue weighted by Gasteiger charge is -2.21. The van der Waals surface area contributed by atoms with Crippen molar-refractivity contribution in [3.63, 3.8) is 0 Å². The Morgan fingerprint density at radius 1 is 1.31 bits per heavy atom. The van der Waals surface area contributed by atoms with Crippen molar-refractivity contribution in [2.45, 2.75) is 32.9 Å². The van der Waals surface area contributed by atoms with Gasteiger partial charge in [0.05, 0.1) is 6.61 Å². The second-order valence-corrected chi connectivity index (χ2v) is 4.38. The summed E-state index contributed by atoms with van der Waals surface area (Å²) in [7, 11) is 0. The molecule has 3 heteroatoms. The maximum absolute atomic E-state index is 6.14. The van der Waals surface area contributed by atoms with Gasteiger partial charge in [0.25, 0.3) is 0 Å². The summed E-state index contributed by atoms with van der Waals surface area (Å²) in [5, 5.41) is 4.27. The smallest absolute Gasteiger partial charge is 0.0616 e. The second kappa shape index (κ2) is 6.89. The van der Waals surface area contributed by atoms with Crippen molar-refractivity contribution >= 4 is 11.6 Å². The van der Waals surface area contributed by atoms with Crippen LogP contribution >= 0.6 is 11.6 Å². The van der Waals surface area contributed by atoms with Crippen LogP contribution in [0.25, 0.3) is 0 Å². The van der Waals surface area contributed by atoms with E-state index in [4.69, 9.17) is 16.3 Å². The number of halogens is 1. The largest absolute Gasteiger partial charge is 0.380 e. The first kappa shape index (κ1) is 13.5. The summed E-state index contributed by atoms with van der Waals surface area (Å²) in [6.45, 7) is 7.72. The highest BCUT2D eigenvalue weighted by atomic mass is 35.5. The van der Waals surface area contributed by atoms with Gasteiger partial charge in [-0.15, -0.1) is 0 Å². The highest BCUT2D eigenvalue weighted by Crippen LogP contribution is 2.22. The lowest BCUT2D eigenvalue weighted by molar-refractivity contribution is 0.124. The zero-order valence-corrected chi connectivity index (χ0v) is 10.9. The zero-order valence-electron chi connectivity index (χ0n) is 10.2. The Labute approximate surface area is 103 Å². The molecule has 0 aromatic heterocycles. The molecule has 0 saturated heterocycles. The van der Waals surface area contributed by atoms with Gasteiger partial charge in [-0.25, -0.2) is 0 Å². The molecular formula is C13H20ClNO. The average molecular weight is 242 g/mol. The van der Waals surface area contributed by atoms with Gasteiger partial charge >= 0.3 is 0 Å². The first-order chi connectivity index (χ1) is 7.65. The fraction of sp³-hybridized carbons (Fsp3) is 0.538. The summed E-state index contributed by atoms with van der Waals surface area (Å²) in [6, 6.07) is 8.49. The predicted molar refractivity (Wildman–Crippen MR) is 69.0 cm³/mol. The topological polar surface area (TPSA) is 21.3 Å². The molecule has 0 saturated carbocycles. The summed E-state index contributed by atoms with van der Waals surface area (Å²) in [5.41, 5.74) is 1.13. The monoisotopic (exact) mass is 241 g/mol. The minimum absolute atomic E-state index is 0.240. The molecule has 0 spiro atoms. The van der Waals surface area contributed by atoms with Crippen molar-refractivity contribution in [3.05, 3.63) is 34.9 Å². The number of hydrogen-bond donors (Lipinski definition) is 1. The lowest BCUT2D eigenvalue weighted by Crippen LogP contribution is -2.32. The van der Waals surface area contributed by atoms with E-state index in [-0.39, 0.29) is 6.04 Å². The number of rotatable bonds is 6. The number of nitrogens with one attached hydrogen (secondary N) is 1. The minimum Gasteiger partial charge on any atom is -0.380 e. The first-order valence-electron chi connectivity index (χ1n) is 5.73. The SMILES string of the molecule is CCOCC(C)NC(C)c1ccccc1Cl. The van der Waals surface area contributed by atoms with Crippen LogP contribution in [0.3, 0.4) is 0 Å². The second-order valence-electron chi connectivity index (χ2n) is 3.97. The van der Waals surface area contributed by atoms with Gasteiger partial charge in [-0.3, -0.25) is 0 Å². The Morgan fingerprint density at radius 2 is 2.00 bits per heavy atom. The Balaban J connectivity index is 2.52. The van der Waals surface area contributed by atoms with Gasteiger partial charge in [0.2, 0.25) is 0 Å². The van der Waals surface area contributed by atoms with Gasteiger partial charge in [-0.2, -0.15) is 0 Å². The molecule has 0 aliphatic heterocycles. The summed E-state index contributed by atoms with van der Waals surface area (Å²) in [4.78, 5) is 0. The van der Waals surface area contributed by atoms with E-state index in [1.54, 1.807) is 0 Å². The molecule has 16 heavy (non-hydrogen) atoms. The van der Waals surface area contributed by atoms with Crippen molar-refractivity contribution in [2.24, 2.45) is 0 Å². The van der Waals surface area contributed by atoms with Gasteiger partial charge in [0.15, 0.2) is 0 Å². The molecule has 0 heterocycles. The molecule has 1 N–H and O–H groups in total. The fourth-order valence-corrected chi connectivity index (χ4v) is 1.98. The van der Waals surface area contributed by atoms with E-state index < -0.39 is 0 Å². The van der Waals surface area contributed by atoms with Crippen LogP contribution in [0.2, 0.25) is 5.02 Å². The Bertz CT molecular complexity index is 317. The van der Waals surface area contributed by atoms with Crippen LogP contribution in [0.5, 0.6) is 0 Å². The third-order valence-electron chi connectivity index (χ3n) is 2.48. The third-order valence-corrected chi connectivity index (χ3v) is 2.82. The van der Waals surface area contributed by atoms with E-state index in [9.17, 15) is 0 Å². The average Bonchev–Trinajstić information content (AvgIpc) is 2.26. The normalized spacial score (nSPS) is 14.8. The van der Waals surface area contributed by atoms with Gasteiger partial charge in [-0.1, -0.05) is 29.8 Å². The quantitative estimate of drug-likeness (QED) is 0.824. The molecule has 0 fully saturated rings. The van der Waals surface area contributed by atoms with Crippen molar-refractivity contribution in [3.8, 4) is 0 Å². The predicted octanol–water partition coefficient (Wildman–Crippen LogP) is 3.42. The lowest BCUT2D eigenvalue weighted by atomic mass is 10.1. The fourth-order valence-electron chi connectivity index (χ4n) is 1.69. The Kier molecular flexibility index (Phi) is 5.81. The van der Waals surface area contributed by atoms with Crippen molar-refractivity contribution in [2.75, 3.05) is 13.2 Å². The molecule has 1 rings (SSSR count). The Morgan fingerprint density at radius 3 is 2.62 bits per heavy atom. The van der Waals surface area contributed by atoms with Crippen LogP contribution in [-0.2, 0) is 4.74 Å². The van der Waals surface area contributed by atoms with Crippen molar-refractivity contribution < 1.29 is 4.74 Å². The molecular weight excluding hydrogens is 222 g/mol. The highest BCUT2D eigenvalue weighted by Gasteiger charge is 2.11. The van der Waals surface area contributed by atoms with Crippen LogP contribution in [-0.4, -0.2) is 19.3 Å². The summed E-state index contributed by atoms with van der Waals surface area (Å²) in [6.07, 6.45) is 0. The molecule has 90 valence electrons. The van der Waals surface area contributed by atoms with E-state index >= 15 is 0 Å². The van der Waals surface area contributed by atoms with E-state index in [1.165, 1.54) is 0 Å². The zero-order chi connectivity index (χ0) is 12.0. The van der Waals surface area contributed by atoms with Crippen LogP contribution < -0.4 is 5.32 Å².